The van der Waals surface area contributed by atoms with Crippen LogP contribution in [0, 0.1) is 0 Å². The summed E-state index contributed by atoms with van der Waals surface area (Å²) in [6.45, 7) is 2.23. The van der Waals surface area contributed by atoms with Crippen molar-refractivity contribution in [2.75, 3.05) is 0 Å². The summed E-state index contributed by atoms with van der Waals surface area (Å²) in [4.78, 5) is 10.1. The second kappa shape index (κ2) is 12.8. The summed E-state index contributed by atoms with van der Waals surface area (Å²) < 4.78 is 0. The maximum absolute atomic E-state index is 10.1. The van der Waals surface area contributed by atoms with Crippen LogP contribution < -0.4 is 0 Å². The van der Waals surface area contributed by atoms with Gasteiger partial charge in [-0.25, -0.2) is 4.79 Å². The number of carboxylic acids is 1. The first-order valence-corrected chi connectivity index (χ1v) is 6.50. The largest absolute Gasteiger partial charge is 0.478 e. The Morgan fingerprint density at radius 1 is 0.941 bits per heavy atom. The van der Waals surface area contributed by atoms with Crippen molar-refractivity contribution >= 4 is 5.97 Å². The molecule has 0 heterocycles. The summed E-state index contributed by atoms with van der Waals surface area (Å²) in [7, 11) is 0. The van der Waals surface area contributed by atoms with Crippen LogP contribution in [-0.4, -0.2) is 11.1 Å². The predicted octanol–water partition coefficient (Wildman–Crippen LogP) is 4.49. The van der Waals surface area contributed by atoms with Crippen molar-refractivity contribution in [3.8, 4) is 0 Å². The molecule has 2 heteroatoms. The molecule has 1 N–H and O–H groups in total. The molecule has 0 fully saturated rings. The van der Waals surface area contributed by atoms with E-state index in [1.54, 1.807) is 6.08 Å². The fourth-order valence-electron chi connectivity index (χ4n) is 1.48. The van der Waals surface area contributed by atoms with E-state index in [1.165, 1.54) is 44.6 Å². The summed E-state index contributed by atoms with van der Waals surface area (Å²) in [5, 5.41) is 8.34. The monoisotopic (exact) mass is 236 g/mol. The van der Waals surface area contributed by atoms with E-state index in [0.29, 0.717) is 0 Å². The van der Waals surface area contributed by atoms with Gasteiger partial charge in [0.1, 0.15) is 0 Å². The Labute approximate surface area is 105 Å². The fourth-order valence-corrected chi connectivity index (χ4v) is 1.48. The first-order chi connectivity index (χ1) is 8.27. The second-order valence-electron chi connectivity index (χ2n) is 4.07. The third-order valence-corrected chi connectivity index (χ3v) is 2.43. The van der Waals surface area contributed by atoms with Gasteiger partial charge < -0.3 is 5.11 Å². The molecule has 0 amide bonds. The van der Waals surface area contributed by atoms with Crippen LogP contribution in [0.15, 0.2) is 36.5 Å². The van der Waals surface area contributed by atoms with Gasteiger partial charge in [-0.2, -0.15) is 0 Å². The van der Waals surface area contributed by atoms with Gasteiger partial charge in [0.25, 0.3) is 0 Å². The van der Waals surface area contributed by atoms with E-state index in [-0.39, 0.29) is 0 Å². The fraction of sp³-hybridized carbons (Fsp3) is 0.533. The Balaban J connectivity index is 3.33. The van der Waals surface area contributed by atoms with Crippen LogP contribution in [0.3, 0.4) is 0 Å². The lowest BCUT2D eigenvalue weighted by molar-refractivity contribution is -0.131. The van der Waals surface area contributed by atoms with E-state index in [2.05, 4.69) is 13.0 Å². The summed E-state index contributed by atoms with van der Waals surface area (Å²) in [5.41, 5.74) is 0. The molecule has 0 aromatic carbocycles. The number of carboxylic acid groups (broad SMARTS) is 1. The van der Waals surface area contributed by atoms with Crippen molar-refractivity contribution < 1.29 is 9.90 Å². The van der Waals surface area contributed by atoms with Gasteiger partial charge in [0.2, 0.25) is 0 Å². The Kier molecular flexibility index (Phi) is 11.8. The van der Waals surface area contributed by atoms with Crippen LogP contribution in [0.5, 0.6) is 0 Å². The van der Waals surface area contributed by atoms with E-state index in [1.807, 2.05) is 12.2 Å². The summed E-state index contributed by atoms with van der Waals surface area (Å²) in [6, 6.07) is 0. The quantitative estimate of drug-likeness (QED) is 0.345. The lowest BCUT2D eigenvalue weighted by Gasteiger charge is -1.97. The molecule has 0 radical (unpaired) electrons. The Bertz CT molecular complexity index is 262. The van der Waals surface area contributed by atoms with Gasteiger partial charge in [-0.05, 0) is 12.8 Å². The standard InChI is InChI=1S/C15H24O2/c1-2-3-4-5-6-7-8-9-10-11-12-13-14-15(16)17/h9-14H,2-8H2,1H3,(H,16,17)/b10-9+,12-11+,14-13+. The van der Waals surface area contributed by atoms with Crippen LogP contribution >= 0.6 is 0 Å². The van der Waals surface area contributed by atoms with Crippen molar-refractivity contribution in [2.24, 2.45) is 0 Å². The highest BCUT2D eigenvalue weighted by Crippen LogP contribution is 2.07. The molecule has 0 aromatic rings. The molecule has 0 saturated heterocycles. The normalized spacial score (nSPS) is 12.1. The first kappa shape index (κ1) is 15.7. The Morgan fingerprint density at radius 2 is 1.59 bits per heavy atom. The topological polar surface area (TPSA) is 37.3 Å². The molecule has 0 aliphatic heterocycles. The zero-order valence-corrected chi connectivity index (χ0v) is 10.8. The predicted molar refractivity (Wildman–Crippen MR) is 73.0 cm³/mol. The molecule has 0 aliphatic rings. The summed E-state index contributed by atoms with van der Waals surface area (Å²) in [6.07, 6.45) is 19.4. The summed E-state index contributed by atoms with van der Waals surface area (Å²) >= 11 is 0. The van der Waals surface area contributed by atoms with Crippen molar-refractivity contribution in [1.29, 1.82) is 0 Å². The SMILES string of the molecule is CCCCCCCC/C=C/C=C/C=C/C(=O)O. The van der Waals surface area contributed by atoms with E-state index in [4.69, 9.17) is 5.11 Å². The molecule has 0 saturated carbocycles. The minimum absolute atomic E-state index is 0.911. The maximum Gasteiger partial charge on any atom is 0.328 e. The molecular formula is C15H24O2. The minimum Gasteiger partial charge on any atom is -0.478 e. The summed E-state index contributed by atoms with van der Waals surface area (Å²) in [5.74, 6) is -0.911. The van der Waals surface area contributed by atoms with Gasteiger partial charge in [0, 0.05) is 6.08 Å². The van der Waals surface area contributed by atoms with Gasteiger partial charge in [-0.3, -0.25) is 0 Å². The van der Waals surface area contributed by atoms with Crippen molar-refractivity contribution in [1.82, 2.24) is 0 Å². The van der Waals surface area contributed by atoms with Gasteiger partial charge in [0.05, 0.1) is 0 Å². The molecule has 17 heavy (non-hydrogen) atoms. The number of rotatable bonds is 10. The van der Waals surface area contributed by atoms with Crippen LogP contribution in [0.25, 0.3) is 0 Å². The van der Waals surface area contributed by atoms with E-state index in [9.17, 15) is 4.79 Å². The number of unbranched alkanes of at least 4 members (excludes halogenated alkanes) is 6. The van der Waals surface area contributed by atoms with Crippen LogP contribution in [0.2, 0.25) is 0 Å². The van der Waals surface area contributed by atoms with Gasteiger partial charge in [-0.1, -0.05) is 69.4 Å². The molecule has 0 rings (SSSR count). The van der Waals surface area contributed by atoms with Gasteiger partial charge >= 0.3 is 5.97 Å². The smallest absolute Gasteiger partial charge is 0.328 e. The molecule has 0 spiro atoms. The number of hydrogen-bond acceptors (Lipinski definition) is 1. The number of aliphatic carboxylic acids is 1. The van der Waals surface area contributed by atoms with Crippen LogP contribution in [0.4, 0.5) is 0 Å². The molecule has 2 nitrogen and oxygen atoms in total. The Hall–Kier alpha value is -1.31. The first-order valence-electron chi connectivity index (χ1n) is 6.50. The number of hydrogen-bond donors (Lipinski definition) is 1. The molecule has 0 atom stereocenters. The third-order valence-electron chi connectivity index (χ3n) is 2.43. The lowest BCUT2D eigenvalue weighted by atomic mass is 10.1. The average Bonchev–Trinajstić information content (AvgIpc) is 2.30. The zero-order valence-electron chi connectivity index (χ0n) is 10.8. The Morgan fingerprint density at radius 3 is 2.29 bits per heavy atom. The van der Waals surface area contributed by atoms with Crippen molar-refractivity contribution in [3.63, 3.8) is 0 Å². The molecular weight excluding hydrogens is 212 g/mol. The van der Waals surface area contributed by atoms with E-state index < -0.39 is 5.97 Å². The molecule has 96 valence electrons. The molecule has 0 bridgehead atoms. The van der Waals surface area contributed by atoms with Crippen LogP contribution in [0.1, 0.15) is 51.9 Å². The van der Waals surface area contributed by atoms with E-state index in [0.717, 1.165) is 12.5 Å². The molecule has 0 aliphatic carbocycles. The maximum atomic E-state index is 10.1. The second-order valence-corrected chi connectivity index (χ2v) is 4.07. The molecule has 0 aromatic heterocycles. The van der Waals surface area contributed by atoms with Crippen LogP contribution in [-0.2, 0) is 4.79 Å². The highest BCUT2D eigenvalue weighted by atomic mass is 16.4. The van der Waals surface area contributed by atoms with Gasteiger partial charge in [-0.15, -0.1) is 0 Å². The highest BCUT2D eigenvalue weighted by molar-refractivity contribution is 5.80. The lowest BCUT2D eigenvalue weighted by Crippen LogP contribution is -1.84. The average molecular weight is 236 g/mol. The number of carbonyl (C=O) groups is 1. The number of allylic oxidation sites excluding steroid dienone is 5. The minimum atomic E-state index is -0.911. The molecule has 0 unspecified atom stereocenters. The van der Waals surface area contributed by atoms with E-state index >= 15 is 0 Å². The highest BCUT2D eigenvalue weighted by Gasteiger charge is 1.87. The van der Waals surface area contributed by atoms with Gasteiger partial charge in [0.15, 0.2) is 0 Å². The third kappa shape index (κ3) is 14.7. The van der Waals surface area contributed by atoms with Crippen molar-refractivity contribution in [2.45, 2.75) is 51.9 Å². The van der Waals surface area contributed by atoms with Crippen molar-refractivity contribution in [3.05, 3.63) is 36.5 Å². The zero-order chi connectivity index (χ0) is 12.8.